The number of nitrogens with zero attached hydrogens (tertiary/aromatic N) is 1. The van der Waals surface area contributed by atoms with Gasteiger partial charge in [-0.25, -0.2) is 0 Å². The average Bonchev–Trinajstić information content (AvgIpc) is 2.96. The fraction of sp³-hybridized carbons (Fsp3) is 0.333. The van der Waals surface area contributed by atoms with E-state index in [4.69, 9.17) is 4.42 Å². The highest BCUT2D eigenvalue weighted by molar-refractivity contribution is 6.09. The number of para-hydroxylation sites is 1. The Labute approximate surface area is 138 Å². The van der Waals surface area contributed by atoms with Gasteiger partial charge in [0.1, 0.15) is 5.58 Å². The Morgan fingerprint density at radius 1 is 1.13 bits per heavy atom. The van der Waals surface area contributed by atoms with Crippen LogP contribution in [0.15, 0.2) is 40.8 Å². The Bertz CT molecular complexity index is 889. The Balaban J connectivity index is 2.05. The molecule has 1 fully saturated rings. The molecule has 1 atom stereocenters. The van der Waals surface area contributed by atoms with Crippen molar-refractivity contribution >= 4 is 27.6 Å². The van der Waals surface area contributed by atoms with Gasteiger partial charge < -0.3 is 9.32 Å². The van der Waals surface area contributed by atoms with Crippen LogP contribution < -0.4 is 4.90 Å². The standard InChI is InChI=1S/C21H23NO/c1-13-10-11-17-16-8-6-7-9-18(16)23-20(17)19(13)22-15(3)14(2)12-21(22,4)5/h6-11,14H,3,12H2,1-2,4-5H3. The van der Waals surface area contributed by atoms with Crippen molar-refractivity contribution < 1.29 is 4.42 Å². The van der Waals surface area contributed by atoms with E-state index in [-0.39, 0.29) is 5.54 Å². The summed E-state index contributed by atoms with van der Waals surface area (Å²) in [4.78, 5) is 2.40. The SMILES string of the molecule is [CH2][C]1C(C)CC(C)(C)N1c1c(C)ccc2c1oc1ccccc12. The van der Waals surface area contributed by atoms with Crippen LogP contribution in [-0.2, 0) is 0 Å². The number of furan rings is 1. The Hall–Kier alpha value is -1.96. The fourth-order valence-electron chi connectivity index (χ4n) is 4.16. The number of fused-ring (bicyclic) bond motifs is 3. The zero-order chi connectivity index (χ0) is 16.4. The first-order chi connectivity index (χ1) is 10.9. The summed E-state index contributed by atoms with van der Waals surface area (Å²) in [5.74, 6) is 0.490. The molecule has 2 heteroatoms. The molecule has 2 nitrogen and oxygen atoms in total. The van der Waals surface area contributed by atoms with Gasteiger partial charge in [-0.3, -0.25) is 0 Å². The molecule has 1 saturated heterocycles. The molecule has 0 spiro atoms. The van der Waals surface area contributed by atoms with E-state index in [0.29, 0.717) is 5.92 Å². The summed E-state index contributed by atoms with van der Waals surface area (Å²) in [5.41, 5.74) is 4.39. The molecule has 1 aliphatic rings. The molecule has 0 amide bonds. The highest BCUT2D eigenvalue weighted by Crippen LogP contribution is 2.49. The van der Waals surface area contributed by atoms with E-state index in [9.17, 15) is 0 Å². The van der Waals surface area contributed by atoms with Gasteiger partial charge in [-0.15, -0.1) is 0 Å². The topological polar surface area (TPSA) is 16.4 Å². The van der Waals surface area contributed by atoms with Crippen molar-refractivity contribution in [3.63, 3.8) is 0 Å². The number of hydrogen-bond acceptors (Lipinski definition) is 2. The minimum Gasteiger partial charge on any atom is -0.454 e. The largest absolute Gasteiger partial charge is 0.454 e. The van der Waals surface area contributed by atoms with Gasteiger partial charge in [-0.2, -0.15) is 0 Å². The Kier molecular flexibility index (Phi) is 3.03. The lowest BCUT2D eigenvalue weighted by Crippen LogP contribution is -2.39. The Morgan fingerprint density at radius 2 is 1.87 bits per heavy atom. The molecular weight excluding hydrogens is 282 g/mol. The summed E-state index contributed by atoms with van der Waals surface area (Å²) < 4.78 is 6.27. The van der Waals surface area contributed by atoms with Crippen LogP contribution in [0.3, 0.4) is 0 Å². The van der Waals surface area contributed by atoms with Gasteiger partial charge in [0.25, 0.3) is 0 Å². The quantitative estimate of drug-likeness (QED) is 0.557. The van der Waals surface area contributed by atoms with E-state index in [1.54, 1.807) is 0 Å². The molecule has 1 aliphatic heterocycles. The number of rotatable bonds is 1. The van der Waals surface area contributed by atoms with E-state index in [0.717, 1.165) is 17.6 Å². The molecular formula is C21H23NO. The smallest absolute Gasteiger partial charge is 0.159 e. The van der Waals surface area contributed by atoms with Gasteiger partial charge in [0, 0.05) is 16.3 Å². The fourth-order valence-corrected chi connectivity index (χ4v) is 4.16. The van der Waals surface area contributed by atoms with Crippen molar-refractivity contribution in [1.82, 2.24) is 0 Å². The summed E-state index contributed by atoms with van der Waals surface area (Å²) in [5, 5.41) is 2.36. The summed E-state index contributed by atoms with van der Waals surface area (Å²) in [6.45, 7) is 13.4. The number of benzene rings is 2. The van der Waals surface area contributed by atoms with Crippen LogP contribution in [-0.4, -0.2) is 5.54 Å². The first-order valence-corrected chi connectivity index (χ1v) is 8.30. The van der Waals surface area contributed by atoms with Crippen molar-refractivity contribution in [2.45, 2.75) is 39.7 Å². The van der Waals surface area contributed by atoms with Gasteiger partial charge in [-0.1, -0.05) is 37.3 Å². The molecule has 1 aromatic heterocycles. The molecule has 118 valence electrons. The summed E-state index contributed by atoms with van der Waals surface area (Å²) >= 11 is 0. The lowest BCUT2D eigenvalue weighted by atomic mass is 9.96. The third kappa shape index (κ3) is 2.00. The molecule has 2 aromatic carbocycles. The molecule has 4 rings (SSSR count). The van der Waals surface area contributed by atoms with Crippen molar-refractivity contribution in [3.05, 3.63) is 54.9 Å². The first kappa shape index (κ1) is 14.6. The van der Waals surface area contributed by atoms with Gasteiger partial charge in [-0.05, 0) is 51.7 Å². The van der Waals surface area contributed by atoms with Crippen molar-refractivity contribution in [1.29, 1.82) is 0 Å². The van der Waals surface area contributed by atoms with Crippen LogP contribution in [0.25, 0.3) is 21.9 Å². The minimum absolute atomic E-state index is 0.0501. The summed E-state index contributed by atoms with van der Waals surface area (Å²) in [6, 6.07) is 13.8. The van der Waals surface area contributed by atoms with E-state index in [1.165, 1.54) is 28.1 Å². The van der Waals surface area contributed by atoms with E-state index >= 15 is 0 Å². The van der Waals surface area contributed by atoms with Crippen molar-refractivity contribution in [2.24, 2.45) is 5.92 Å². The number of aryl methyl sites for hydroxylation is 1. The zero-order valence-corrected chi connectivity index (χ0v) is 14.3. The first-order valence-electron chi connectivity index (χ1n) is 8.30. The Morgan fingerprint density at radius 3 is 2.57 bits per heavy atom. The average molecular weight is 305 g/mol. The molecule has 3 aromatic rings. The third-order valence-electron chi connectivity index (χ3n) is 5.21. The van der Waals surface area contributed by atoms with E-state index in [2.05, 4.69) is 63.8 Å². The van der Waals surface area contributed by atoms with Gasteiger partial charge in [0.2, 0.25) is 0 Å². The van der Waals surface area contributed by atoms with E-state index in [1.807, 2.05) is 12.1 Å². The molecule has 23 heavy (non-hydrogen) atoms. The molecule has 2 radical (unpaired) electrons. The highest BCUT2D eigenvalue weighted by Gasteiger charge is 2.44. The van der Waals surface area contributed by atoms with Crippen LogP contribution in [0.5, 0.6) is 0 Å². The van der Waals surface area contributed by atoms with Crippen molar-refractivity contribution in [2.75, 3.05) is 4.90 Å². The maximum absolute atomic E-state index is 6.27. The monoisotopic (exact) mass is 305 g/mol. The molecule has 2 heterocycles. The lowest BCUT2D eigenvalue weighted by Gasteiger charge is -2.37. The third-order valence-corrected chi connectivity index (χ3v) is 5.21. The van der Waals surface area contributed by atoms with Gasteiger partial charge in [0.15, 0.2) is 5.58 Å². The summed E-state index contributed by atoms with van der Waals surface area (Å²) in [6.07, 6.45) is 1.11. The normalized spacial score (nSPS) is 21.6. The van der Waals surface area contributed by atoms with Crippen LogP contribution >= 0.6 is 0 Å². The predicted molar refractivity (Wildman–Crippen MR) is 97.4 cm³/mol. The second kappa shape index (κ2) is 4.77. The maximum Gasteiger partial charge on any atom is 0.159 e. The molecule has 0 saturated carbocycles. The van der Waals surface area contributed by atoms with E-state index < -0.39 is 0 Å². The van der Waals surface area contributed by atoms with Crippen LogP contribution in [0.4, 0.5) is 5.69 Å². The van der Waals surface area contributed by atoms with Crippen LogP contribution in [0, 0.1) is 25.8 Å². The minimum atomic E-state index is 0.0501. The second-order valence-corrected chi connectivity index (χ2v) is 7.45. The predicted octanol–water partition coefficient (Wildman–Crippen LogP) is 5.89. The van der Waals surface area contributed by atoms with Gasteiger partial charge >= 0.3 is 0 Å². The number of hydrogen-bond donors (Lipinski definition) is 0. The zero-order valence-electron chi connectivity index (χ0n) is 14.3. The number of anilines is 1. The second-order valence-electron chi connectivity index (χ2n) is 7.45. The maximum atomic E-state index is 6.27. The highest BCUT2D eigenvalue weighted by atomic mass is 16.3. The lowest BCUT2D eigenvalue weighted by molar-refractivity contribution is 0.487. The molecule has 1 unspecified atom stereocenters. The summed E-state index contributed by atoms with van der Waals surface area (Å²) in [7, 11) is 0. The van der Waals surface area contributed by atoms with Crippen LogP contribution in [0.1, 0.15) is 32.8 Å². The van der Waals surface area contributed by atoms with Crippen LogP contribution in [0.2, 0.25) is 0 Å². The molecule has 0 aliphatic carbocycles. The molecule has 0 N–H and O–H groups in total. The van der Waals surface area contributed by atoms with Crippen molar-refractivity contribution in [3.8, 4) is 0 Å². The molecule has 0 bridgehead atoms. The van der Waals surface area contributed by atoms with Gasteiger partial charge in [0.05, 0.1) is 11.7 Å².